The molecule has 2 aliphatic carbocycles. The van der Waals surface area contributed by atoms with Crippen LogP contribution in [0.2, 0.25) is 0 Å². The standard InChI is InChI=1S/C50H60N2O6/c1-15-17-19-51-43(55)31-25-30(28-23-35(49(9,10)11)42(54)36(24-28)50(12,13)14)40-38-32(44(56)52(46(40)58)20-18-16-2)26-29(39(37(31)38)45(51)57)27-21-33(47(3,4)5)41(53)34(22-27)48(6,7)8/h21-26H,15-20H2,1-14H3. The van der Waals surface area contributed by atoms with Crippen molar-refractivity contribution in [3.63, 3.8) is 0 Å². The molecule has 0 atom stereocenters. The second-order valence-corrected chi connectivity index (χ2v) is 20.5. The minimum Gasteiger partial charge on any atom is -0.289 e. The third-order valence-electron chi connectivity index (χ3n) is 11.8. The third kappa shape index (κ3) is 7.00. The predicted molar refractivity (Wildman–Crippen MR) is 231 cm³/mol. The molecule has 4 aliphatic rings. The van der Waals surface area contributed by atoms with Crippen LogP contribution in [0, 0.1) is 21.7 Å². The summed E-state index contributed by atoms with van der Waals surface area (Å²) in [5.41, 5.74) is 2.21. The zero-order chi connectivity index (χ0) is 43.2. The summed E-state index contributed by atoms with van der Waals surface area (Å²) in [4.78, 5) is 90.3. The van der Waals surface area contributed by atoms with Gasteiger partial charge < -0.3 is 0 Å². The molecule has 0 radical (unpaired) electrons. The van der Waals surface area contributed by atoms with Crippen LogP contribution in [-0.4, -0.2) is 58.1 Å². The van der Waals surface area contributed by atoms with Gasteiger partial charge in [0.15, 0.2) is 11.6 Å². The zero-order valence-corrected chi connectivity index (χ0v) is 37.1. The van der Waals surface area contributed by atoms with Gasteiger partial charge in [-0.05, 0) is 92.5 Å². The Balaban J connectivity index is 1.94. The molecule has 0 spiro atoms. The van der Waals surface area contributed by atoms with Gasteiger partial charge >= 0.3 is 0 Å². The number of unbranched alkanes of at least 4 members (excludes halogenated alkanes) is 2. The van der Waals surface area contributed by atoms with Gasteiger partial charge in [-0.2, -0.15) is 0 Å². The van der Waals surface area contributed by atoms with Crippen LogP contribution in [0.1, 0.15) is 164 Å². The Labute approximate surface area is 343 Å². The summed E-state index contributed by atoms with van der Waals surface area (Å²) >= 11 is 0. The number of Topliss-reactive ketones (excluding diaryl/α,β-unsaturated/α-hetero) is 2. The van der Waals surface area contributed by atoms with E-state index in [0.717, 1.165) is 12.8 Å². The van der Waals surface area contributed by atoms with Crippen LogP contribution in [-0.2, 0) is 9.59 Å². The minimum atomic E-state index is -0.549. The van der Waals surface area contributed by atoms with Gasteiger partial charge in [0.25, 0.3) is 23.6 Å². The van der Waals surface area contributed by atoms with Crippen molar-refractivity contribution in [1.82, 2.24) is 9.80 Å². The third-order valence-corrected chi connectivity index (χ3v) is 11.8. The van der Waals surface area contributed by atoms with Gasteiger partial charge in [0.2, 0.25) is 0 Å². The molecule has 0 N–H and O–H groups in total. The van der Waals surface area contributed by atoms with Gasteiger partial charge in [-0.3, -0.25) is 38.6 Å². The smallest absolute Gasteiger partial charge is 0.262 e. The van der Waals surface area contributed by atoms with Crippen molar-refractivity contribution in [2.45, 2.75) is 123 Å². The first-order chi connectivity index (χ1) is 26.7. The van der Waals surface area contributed by atoms with E-state index < -0.39 is 45.3 Å². The predicted octanol–water partition coefficient (Wildman–Crippen LogP) is 8.99. The summed E-state index contributed by atoms with van der Waals surface area (Å²) in [7, 11) is 0. The SMILES string of the molecule is CCCCN1C(=O)c2cc(=C3C=C(C(C)(C)C)C(=O)C(C(C)(C)C)=C3)c3c4c(cc(=C5C=C(C(C)(C)C)C(=O)C(C(C)(C)C)=C5)c(c24)C1=O)C(=O)N(CCCC)C3=O. The summed E-state index contributed by atoms with van der Waals surface area (Å²) < 4.78 is 0. The van der Waals surface area contributed by atoms with E-state index >= 15 is 0 Å². The highest BCUT2D eigenvalue weighted by Gasteiger charge is 2.43. The fourth-order valence-corrected chi connectivity index (χ4v) is 8.45. The monoisotopic (exact) mass is 784 g/mol. The summed E-state index contributed by atoms with van der Waals surface area (Å²) in [5.74, 6) is -2.13. The number of imide groups is 2. The molecule has 2 heterocycles. The molecular formula is C50H60N2O6. The van der Waals surface area contributed by atoms with Crippen molar-refractivity contribution >= 4 is 57.1 Å². The lowest BCUT2D eigenvalue weighted by Crippen LogP contribution is -2.48. The lowest BCUT2D eigenvalue weighted by atomic mass is 9.71. The Kier molecular flexibility index (Phi) is 10.6. The van der Waals surface area contributed by atoms with Crippen LogP contribution in [0.5, 0.6) is 0 Å². The quantitative estimate of drug-likeness (QED) is 0.271. The number of ketones is 2. The molecule has 0 saturated heterocycles. The zero-order valence-electron chi connectivity index (χ0n) is 37.1. The second kappa shape index (κ2) is 14.4. The summed E-state index contributed by atoms with van der Waals surface area (Å²) in [6.07, 6.45) is 9.97. The average molecular weight is 785 g/mol. The molecule has 0 aromatic heterocycles. The van der Waals surface area contributed by atoms with Crippen molar-refractivity contribution in [3.05, 3.63) is 91.4 Å². The molecule has 0 fully saturated rings. The highest BCUT2D eigenvalue weighted by atomic mass is 16.2. The van der Waals surface area contributed by atoms with Crippen LogP contribution in [0.25, 0.3) is 21.9 Å². The van der Waals surface area contributed by atoms with E-state index in [1.165, 1.54) is 9.80 Å². The van der Waals surface area contributed by atoms with Crippen molar-refractivity contribution in [1.29, 1.82) is 0 Å². The molecule has 2 aromatic rings. The van der Waals surface area contributed by atoms with Crippen LogP contribution in [0.15, 0.2) is 58.7 Å². The lowest BCUT2D eigenvalue weighted by Gasteiger charge is -2.34. The number of hydrogen-bond donors (Lipinski definition) is 0. The highest BCUT2D eigenvalue weighted by molar-refractivity contribution is 6.34. The van der Waals surface area contributed by atoms with Crippen LogP contribution in [0.4, 0.5) is 0 Å². The van der Waals surface area contributed by atoms with Gasteiger partial charge in [-0.25, -0.2) is 0 Å². The molecular weight excluding hydrogens is 725 g/mol. The highest BCUT2D eigenvalue weighted by Crippen LogP contribution is 2.42. The van der Waals surface area contributed by atoms with Crippen LogP contribution >= 0.6 is 0 Å². The summed E-state index contributed by atoms with van der Waals surface area (Å²) in [6, 6.07) is 3.43. The van der Waals surface area contributed by atoms with E-state index in [-0.39, 0.29) is 57.7 Å². The topological polar surface area (TPSA) is 109 Å². The molecule has 306 valence electrons. The Morgan fingerprint density at radius 2 is 0.707 bits per heavy atom. The molecule has 0 bridgehead atoms. The number of hydrogen-bond acceptors (Lipinski definition) is 6. The number of carbonyl (C=O) groups is 6. The fraction of sp³-hybridized carbons (Fsp3) is 0.480. The maximum absolute atomic E-state index is 15.0. The van der Waals surface area contributed by atoms with Gasteiger partial charge in [0.1, 0.15) is 0 Å². The summed E-state index contributed by atoms with van der Waals surface area (Å²) in [6.45, 7) is 28.1. The van der Waals surface area contributed by atoms with E-state index in [2.05, 4.69) is 0 Å². The van der Waals surface area contributed by atoms with Crippen molar-refractivity contribution in [2.24, 2.45) is 21.7 Å². The van der Waals surface area contributed by atoms with Gasteiger partial charge in [0.05, 0.1) is 11.1 Å². The first-order valence-electron chi connectivity index (χ1n) is 20.9. The number of rotatable bonds is 6. The number of benzene rings is 2. The average Bonchev–Trinajstić information content (AvgIpc) is 3.10. The van der Waals surface area contributed by atoms with Crippen LogP contribution in [0.3, 0.4) is 0 Å². The lowest BCUT2D eigenvalue weighted by molar-refractivity contribution is -0.114. The molecule has 4 amide bonds. The van der Waals surface area contributed by atoms with E-state index in [9.17, 15) is 28.8 Å². The Bertz CT molecular complexity index is 2260. The van der Waals surface area contributed by atoms with E-state index in [0.29, 0.717) is 56.7 Å². The minimum absolute atomic E-state index is 0.0704. The number of allylic oxidation sites excluding steroid dienone is 8. The van der Waals surface area contributed by atoms with Crippen molar-refractivity contribution in [2.75, 3.05) is 13.1 Å². The molecule has 8 heteroatoms. The van der Waals surface area contributed by atoms with Gasteiger partial charge in [-0.15, -0.1) is 0 Å². The Morgan fingerprint density at radius 3 is 0.948 bits per heavy atom. The van der Waals surface area contributed by atoms with Crippen LogP contribution < -0.4 is 10.4 Å². The van der Waals surface area contributed by atoms with Gasteiger partial charge in [-0.1, -0.05) is 110 Å². The molecule has 0 saturated carbocycles. The largest absolute Gasteiger partial charge is 0.289 e. The number of nitrogens with zero attached hydrogens (tertiary/aromatic N) is 2. The van der Waals surface area contributed by atoms with E-state index in [1.807, 2.05) is 121 Å². The normalized spacial score (nSPS) is 18.0. The maximum Gasteiger partial charge on any atom is 0.262 e. The molecule has 0 unspecified atom stereocenters. The molecule has 58 heavy (non-hydrogen) atoms. The molecule has 6 rings (SSSR count). The second-order valence-electron chi connectivity index (χ2n) is 20.5. The maximum atomic E-state index is 15.0. The van der Waals surface area contributed by atoms with Gasteiger partial charge in [0, 0.05) is 57.3 Å². The van der Waals surface area contributed by atoms with Crippen molar-refractivity contribution < 1.29 is 28.8 Å². The Morgan fingerprint density at radius 1 is 0.431 bits per heavy atom. The Hall–Kier alpha value is -4.98. The van der Waals surface area contributed by atoms with E-state index in [4.69, 9.17) is 0 Å². The molecule has 2 aliphatic heterocycles. The molecule has 2 aromatic carbocycles. The first kappa shape index (κ1) is 42.6. The number of carbonyl (C=O) groups excluding carboxylic acids is 6. The summed E-state index contributed by atoms with van der Waals surface area (Å²) in [5, 5.41) is 1.44. The number of amides is 4. The van der Waals surface area contributed by atoms with E-state index in [1.54, 1.807) is 12.1 Å². The first-order valence-corrected chi connectivity index (χ1v) is 20.9. The molecule has 8 nitrogen and oxygen atoms in total. The van der Waals surface area contributed by atoms with Crippen molar-refractivity contribution in [3.8, 4) is 0 Å². The fourth-order valence-electron chi connectivity index (χ4n) is 8.45.